The summed E-state index contributed by atoms with van der Waals surface area (Å²) in [7, 11) is 0. The fourth-order valence-corrected chi connectivity index (χ4v) is 4.45. The maximum absolute atomic E-state index is 5.97. The van der Waals surface area contributed by atoms with Gasteiger partial charge < -0.3 is 0 Å². The normalized spacial score (nSPS) is 11.2. The molecule has 0 unspecified atom stereocenters. The first kappa shape index (κ1) is 12.3. The smallest absolute Gasteiger partial charge is 0.224 e. The molecule has 0 spiro atoms. The van der Waals surface area contributed by atoms with E-state index in [1.807, 2.05) is 5.38 Å². The van der Waals surface area contributed by atoms with E-state index in [4.69, 9.17) is 11.6 Å². The molecule has 0 aliphatic carbocycles. The van der Waals surface area contributed by atoms with Gasteiger partial charge in [-0.3, -0.25) is 0 Å². The van der Waals surface area contributed by atoms with Gasteiger partial charge in [0.25, 0.3) is 0 Å². The first-order valence-electron chi connectivity index (χ1n) is 5.29. The Balaban J connectivity index is 2.11. The second-order valence-corrected chi connectivity index (χ2v) is 7.07. The van der Waals surface area contributed by atoms with Gasteiger partial charge in [-0.25, -0.2) is 15.0 Å². The average Bonchev–Trinajstić information content (AvgIpc) is 2.97. The molecule has 3 heterocycles. The largest absolute Gasteiger partial charge is 0.238 e. The molecule has 3 nitrogen and oxygen atoms in total. The van der Waals surface area contributed by atoms with Crippen LogP contribution in [0.4, 0.5) is 0 Å². The molecule has 92 valence electrons. The summed E-state index contributed by atoms with van der Waals surface area (Å²) in [6.07, 6.45) is 2.79. The van der Waals surface area contributed by atoms with Gasteiger partial charge in [-0.15, -0.1) is 22.7 Å². The predicted octanol–water partition coefficient (Wildman–Crippen LogP) is 4.51. The zero-order valence-corrected chi connectivity index (χ0v) is 12.6. The Labute approximate surface area is 121 Å². The Bertz CT molecular complexity index is 678. The second-order valence-electron chi connectivity index (χ2n) is 3.48. The van der Waals surface area contributed by atoms with Crippen LogP contribution in [0.15, 0.2) is 27.0 Å². The fraction of sp³-hybridized carbons (Fsp3) is 0.182. The van der Waals surface area contributed by atoms with Crippen LogP contribution < -0.4 is 0 Å². The topological polar surface area (TPSA) is 38.7 Å². The summed E-state index contributed by atoms with van der Waals surface area (Å²) >= 11 is 10.8. The molecule has 0 aliphatic rings. The maximum Gasteiger partial charge on any atom is 0.224 e. The van der Waals surface area contributed by atoms with Crippen molar-refractivity contribution in [2.45, 2.75) is 22.7 Å². The van der Waals surface area contributed by atoms with Crippen molar-refractivity contribution in [2.24, 2.45) is 0 Å². The number of rotatable bonds is 3. The number of aryl methyl sites for hydroxylation is 1. The molecule has 0 amide bonds. The average molecular weight is 314 g/mol. The van der Waals surface area contributed by atoms with Crippen LogP contribution in [0, 0.1) is 0 Å². The quantitative estimate of drug-likeness (QED) is 0.526. The lowest BCUT2D eigenvalue weighted by molar-refractivity contribution is 1.10. The van der Waals surface area contributed by atoms with E-state index >= 15 is 0 Å². The minimum atomic E-state index is 0.297. The molecule has 0 atom stereocenters. The zero-order valence-electron chi connectivity index (χ0n) is 9.38. The molecule has 7 heteroatoms. The number of fused-ring (bicyclic) bond motifs is 1. The molecule has 3 aromatic heterocycles. The fourth-order valence-electron chi connectivity index (χ4n) is 1.52. The van der Waals surface area contributed by atoms with Crippen molar-refractivity contribution in [1.82, 2.24) is 15.0 Å². The van der Waals surface area contributed by atoms with E-state index in [0.29, 0.717) is 5.28 Å². The number of thiophene rings is 1. The maximum atomic E-state index is 5.97. The Kier molecular flexibility index (Phi) is 3.52. The van der Waals surface area contributed by atoms with E-state index in [-0.39, 0.29) is 0 Å². The number of halogens is 1. The van der Waals surface area contributed by atoms with Crippen LogP contribution in [0.3, 0.4) is 0 Å². The van der Waals surface area contributed by atoms with Crippen molar-refractivity contribution < 1.29 is 0 Å². The van der Waals surface area contributed by atoms with E-state index in [0.717, 1.165) is 26.0 Å². The Morgan fingerprint density at radius 1 is 1.39 bits per heavy atom. The van der Waals surface area contributed by atoms with Gasteiger partial charge in [-0.05, 0) is 35.9 Å². The molecule has 3 rings (SSSR count). The molecule has 3 aromatic rings. The van der Waals surface area contributed by atoms with E-state index in [1.54, 1.807) is 40.6 Å². The number of aromatic nitrogens is 3. The number of hydrogen-bond acceptors (Lipinski definition) is 6. The third-order valence-corrected chi connectivity index (χ3v) is 5.55. The summed E-state index contributed by atoms with van der Waals surface area (Å²) in [6.45, 7) is 2.13. The minimum Gasteiger partial charge on any atom is -0.238 e. The SMILES string of the molecule is CCc1cc2c(Sc3nccs3)nc(Cl)nc2s1. The third-order valence-electron chi connectivity index (χ3n) is 2.32. The summed E-state index contributed by atoms with van der Waals surface area (Å²) in [4.78, 5) is 15.1. The summed E-state index contributed by atoms with van der Waals surface area (Å²) in [5.41, 5.74) is 0. The van der Waals surface area contributed by atoms with Crippen LogP contribution in [0.25, 0.3) is 10.2 Å². The lowest BCUT2D eigenvalue weighted by atomic mass is 10.3. The highest BCUT2D eigenvalue weighted by atomic mass is 35.5. The zero-order chi connectivity index (χ0) is 12.5. The van der Waals surface area contributed by atoms with Gasteiger partial charge in [-0.1, -0.05) is 6.92 Å². The van der Waals surface area contributed by atoms with E-state index in [2.05, 4.69) is 27.9 Å². The van der Waals surface area contributed by atoms with Crippen molar-refractivity contribution >= 4 is 56.3 Å². The van der Waals surface area contributed by atoms with Crippen molar-refractivity contribution in [2.75, 3.05) is 0 Å². The summed E-state index contributed by atoms with van der Waals surface area (Å²) in [5, 5.41) is 4.20. The lowest BCUT2D eigenvalue weighted by Crippen LogP contribution is -1.85. The Morgan fingerprint density at radius 3 is 3.00 bits per heavy atom. The number of nitrogens with zero attached hydrogens (tertiary/aromatic N) is 3. The molecular weight excluding hydrogens is 306 g/mol. The van der Waals surface area contributed by atoms with Gasteiger partial charge in [0.2, 0.25) is 5.28 Å². The monoisotopic (exact) mass is 313 g/mol. The van der Waals surface area contributed by atoms with E-state index < -0.39 is 0 Å². The van der Waals surface area contributed by atoms with Crippen molar-refractivity contribution in [1.29, 1.82) is 0 Å². The van der Waals surface area contributed by atoms with Crippen molar-refractivity contribution in [3.63, 3.8) is 0 Å². The van der Waals surface area contributed by atoms with Gasteiger partial charge in [0.15, 0.2) is 4.34 Å². The van der Waals surface area contributed by atoms with E-state index in [9.17, 15) is 0 Å². The number of hydrogen-bond donors (Lipinski definition) is 0. The molecule has 0 aliphatic heterocycles. The minimum absolute atomic E-state index is 0.297. The highest BCUT2D eigenvalue weighted by Crippen LogP contribution is 2.36. The second kappa shape index (κ2) is 5.13. The van der Waals surface area contributed by atoms with Gasteiger partial charge in [0.05, 0.1) is 0 Å². The Hall–Kier alpha value is -0.690. The van der Waals surface area contributed by atoms with Gasteiger partial charge in [-0.2, -0.15) is 0 Å². The highest BCUT2D eigenvalue weighted by molar-refractivity contribution is 8.01. The van der Waals surface area contributed by atoms with Gasteiger partial charge >= 0.3 is 0 Å². The molecule has 0 aromatic carbocycles. The van der Waals surface area contributed by atoms with Crippen LogP contribution in [0.5, 0.6) is 0 Å². The van der Waals surface area contributed by atoms with Crippen LogP contribution in [0.2, 0.25) is 5.28 Å². The van der Waals surface area contributed by atoms with Crippen molar-refractivity contribution in [3.05, 3.63) is 27.8 Å². The molecule has 0 fully saturated rings. The van der Waals surface area contributed by atoms with Gasteiger partial charge in [0.1, 0.15) is 9.86 Å². The molecule has 0 N–H and O–H groups in total. The van der Waals surface area contributed by atoms with Crippen molar-refractivity contribution in [3.8, 4) is 0 Å². The lowest BCUT2D eigenvalue weighted by Gasteiger charge is -1.99. The van der Waals surface area contributed by atoms with E-state index in [1.165, 1.54) is 4.88 Å². The van der Waals surface area contributed by atoms with Gasteiger partial charge in [0, 0.05) is 21.8 Å². The van der Waals surface area contributed by atoms with Crippen LogP contribution in [-0.4, -0.2) is 15.0 Å². The predicted molar refractivity (Wildman–Crippen MR) is 78.0 cm³/mol. The first-order chi connectivity index (χ1) is 8.76. The first-order valence-corrected chi connectivity index (χ1v) is 8.18. The third kappa shape index (κ3) is 2.38. The molecular formula is C11H8ClN3S3. The molecule has 18 heavy (non-hydrogen) atoms. The molecule has 0 bridgehead atoms. The number of thiazole rings is 1. The highest BCUT2D eigenvalue weighted by Gasteiger charge is 2.12. The summed E-state index contributed by atoms with van der Waals surface area (Å²) < 4.78 is 0.968. The summed E-state index contributed by atoms with van der Waals surface area (Å²) in [5.74, 6) is 0. The molecule has 0 saturated carbocycles. The molecule has 0 radical (unpaired) electrons. The standard InChI is InChI=1S/C11H8ClN3S3/c1-2-6-5-7-8(17-6)14-10(12)15-9(7)18-11-13-3-4-16-11/h3-5H,2H2,1H3. The van der Waals surface area contributed by atoms with Crippen LogP contribution in [-0.2, 0) is 6.42 Å². The van der Waals surface area contributed by atoms with Crippen LogP contribution >= 0.6 is 46.0 Å². The van der Waals surface area contributed by atoms with Crippen LogP contribution in [0.1, 0.15) is 11.8 Å². The summed E-state index contributed by atoms with van der Waals surface area (Å²) in [6, 6.07) is 2.15. The molecule has 0 saturated heterocycles. The Morgan fingerprint density at radius 2 is 2.28 bits per heavy atom.